The molecule has 1 aromatic carbocycles. The van der Waals surface area contributed by atoms with Gasteiger partial charge in [0.2, 0.25) is 0 Å². The van der Waals surface area contributed by atoms with Gasteiger partial charge in [0.1, 0.15) is 22.9 Å². The highest BCUT2D eigenvalue weighted by Gasteiger charge is 2.31. The maximum atomic E-state index is 12.1. The second-order valence-electron chi connectivity index (χ2n) is 3.62. The number of ether oxygens (including phenoxy) is 1. The minimum absolute atomic E-state index is 0.0619. The van der Waals surface area contributed by atoms with Crippen LogP contribution in [0.3, 0.4) is 0 Å². The van der Waals surface area contributed by atoms with Gasteiger partial charge >= 0.3 is 6.36 Å². The zero-order valence-electron chi connectivity index (χ0n) is 9.78. The van der Waals surface area contributed by atoms with E-state index in [1.54, 1.807) is 0 Å². The number of hydrogen-bond acceptors (Lipinski definition) is 5. The maximum absolute atomic E-state index is 12.1. The third kappa shape index (κ3) is 3.64. The molecule has 0 aliphatic heterocycles. The molecule has 5 nitrogen and oxygen atoms in total. The number of nitrogens with two attached hydrogens (primary N) is 1. The highest BCUT2D eigenvalue weighted by Crippen LogP contribution is 2.29. The Morgan fingerprint density at radius 3 is 2.70 bits per heavy atom. The third-order valence-electron chi connectivity index (χ3n) is 2.15. The summed E-state index contributed by atoms with van der Waals surface area (Å²) >= 11 is 5.87. The predicted octanol–water partition coefficient (Wildman–Crippen LogP) is 3.35. The Kier molecular flexibility index (Phi) is 3.84. The van der Waals surface area contributed by atoms with Crippen LogP contribution in [0, 0.1) is 0 Å². The lowest BCUT2D eigenvalue weighted by Gasteiger charge is -2.11. The summed E-state index contributed by atoms with van der Waals surface area (Å²) in [4.78, 5) is 7.51. The van der Waals surface area contributed by atoms with Crippen LogP contribution in [0.2, 0.25) is 5.02 Å². The number of nitrogens with zero attached hydrogens (tertiary/aromatic N) is 2. The number of hydrogen-bond donors (Lipinski definition) is 2. The fraction of sp³-hybridized carbons (Fsp3) is 0.0909. The topological polar surface area (TPSA) is 73.1 Å². The molecule has 0 amide bonds. The van der Waals surface area contributed by atoms with Gasteiger partial charge in [-0.1, -0.05) is 17.7 Å². The largest absolute Gasteiger partial charge is 0.573 e. The van der Waals surface area contributed by atoms with E-state index in [0.29, 0.717) is 5.69 Å². The van der Waals surface area contributed by atoms with Crippen molar-refractivity contribution in [3.63, 3.8) is 0 Å². The summed E-state index contributed by atoms with van der Waals surface area (Å²) < 4.78 is 40.2. The summed E-state index contributed by atoms with van der Waals surface area (Å²) in [5.74, 6) is -0.115. The van der Waals surface area contributed by atoms with Crippen molar-refractivity contribution in [2.24, 2.45) is 0 Å². The molecule has 0 atom stereocenters. The van der Waals surface area contributed by atoms with Crippen LogP contribution in [0.1, 0.15) is 0 Å². The number of anilines is 3. The summed E-state index contributed by atoms with van der Waals surface area (Å²) in [6, 6.07) is 5.25. The zero-order valence-corrected chi connectivity index (χ0v) is 10.5. The second kappa shape index (κ2) is 5.41. The lowest BCUT2D eigenvalue weighted by molar-refractivity contribution is -0.274. The first-order valence-corrected chi connectivity index (χ1v) is 5.62. The van der Waals surface area contributed by atoms with Gasteiger partial charge in [0.15, 0.2) is 5.82 Å². The fourth-order valence-electron chi connectivity index (χ4n) is 1.38. The molecule has 1 aromatic heterocycles. The quantitative estimate of drug-likeness (QED) is 0.909. The van der Waals surface area contributed by atoms with E-state index < -0.39 is 6.36 Å². The minimum atomic E-state index is -4.75. The molecular weight excluding hydrogens is 297 g/mol. The van der Waals surface area contributed by atoms with Crippen molar-refractivity contribution in [3.05, 3.63) is 35.6 Å². The molecule has 3 N–H and O–H groups in total. The van der Waals surface area contributed by atoms with Gasteiger partial charge in [-0.25, -0.2) is 9.97 Å². The molecule has 2 rings (SSSR count). The fourth-order valence-corrected chi connectivity index (χ4v) is 1.52. The van der Waals surface area contributed by atoms with Crippen molar-refractivity contribution in [3.8, 4) is 5.75 Å². The Morgan fingerprint density at radius 1 is 1.25 bits per heavy atom. The summed E-state index contributed by atoms with van der Waals surface area (Å²) in [6.07, 6.45) is -3.57. The Morgan fingerprint density at radius 2 is 2.00 bits per heavy atom. The van der Waals surface area contributed by atoms with Crippen LogP contribution in [-0.4, -0.2) is 16.3 Å². The Balaban J connectivity index is 2.22. The van der Waals surface area contributed by atoms with Gasteiger partial charge in [-0.15, -0.1) is 13.2 Å². The van der Waals surface area contributed by atoms with Crippen LogP contribution >= 0.6 is 11.6 Å². The number of halogens is 4. The highest BCUT2D eigenvalue weighted by molar-refractivity contribution is 6.35. The molecule has 0 spiro atoms. The van der Waals surface area contributed by atoms with Crippen LogP contribution in [0.4, 0.5) is 30.5 Å². The van der Waals surface area contributed by atoms with Gasteiger partial charge in [0.25, 0.3) is 0 Å². The number of nitrogen functional groups attached to an aromatic ring is 1. The second-order valence-corrected chi connectivity index (χ2v) is 4.00. The van der Waals surface area contributed by atoms with Gasteiger partial charge in [-0.05, 0) is 12.1 Å². The Hall–Kier alpha value is -2.22. The molecule has 1 heterocycles. The average molecular weight is 305 g/mol. The van der Waals surface area contributed by atoms with Crippen molar-refractivity contribution in [2.75, 3.05) is 11.1 Å². The van der Waals surface area contributed by atoms with Crippen LogP contribution in [0.25, 0.3) is 0 Å². The molecule has 20 heavy (non-hydrogen) atoms. The number of alkyl halides is 3. The molecule has 0 bridgehead atoms. The third-order valence-corrected chi connectivity index (χ3v) is 2.52. The maximum Gasteiger partial charge on any atom is 0.573 e. The van der Waals surface area contributed by atoms with E-state index in [2.05, 4.69) is 20.0 Å². The number of rotatable bonds is 3. The van der Waals surface area contributed by atoms with Crippen LogP contribution in [0.15, 0.2) is 30.6 Å². The molecule has 0 aliphatic carbocycles. The van der Waals surface area contributed by atoms with Crippen molar-refractivity contribution in [1.82, 2.24) is 9.97 Å². The molecule has 0 unspecified atom stereocenters. The first kappa shape index (κ1) is 14.2. The summed E-state index contributed by atoms with van der Waals surface area (Å²) in [6.45, 7) is 0. The molecular formula is C11H8ClF3N4O. The molecule has 0 aliphatic rings. The first-order valence-electron chi connectivity index (χ1n) is 5.24. The smallest absolute Gasteiger partial charge is 0.406 e. The van der Waals surface area contributed by atoms with E-state index in [9.17, 15) is 13.2 Å². The van der Waals surface area contributed by atoms with Crippen LogP contribution < -0.4 is 15.8 Å². The van der Waals surface area contributed by atoms with E-state index in [0.717, 1.165) is 6.07 Å². The van der Waals surface area contributed by atoms with Crippen molar-refractivity contribution in [1.29, 1.82) is 0 Å². The normalized spacial score (nSPS) is 11.2. The van der Waals surface area contributed by atoms with Crippen LogP contribution in [0.5, 0.6) is 5.75 Å². The van der Waals surface area contributed by atoms with Gasteiger partial charge in [-0.2, -0.15) is 0 Å². The highest BCUT2D eigenvalue weighted by atomic mass is 35.5. The zero-order chi connectivity index (χ0) is 14.8. The van der Waals surface area contributed by atoms with E-state index >= 15 is 0 Å². The van der Waals surface area contributed by atoms with Crippen molar-refractivity contribution >= 4 is 28.9 Å². The molecule has 9 heteroatoms. The SMILES string of the molecule is Nc1ncnc(Nc2cccc(OC(F)(F)F)c2)c1Cl. The summed E-state index contributed by atoms with van der Waals surface area (Å²) in [5, 5.41) is 2.81. The standard InChI is InChI=1S/C11H8ClF3N4O/c12-8-9(16)17-5-18-10(8)19-6-2-1-3-7(4-6)20-11(13,14)15/h1-5H,(H3,16,17,18,19). The van der Waals surface area contributed by atoms with Gasteiger partial charge in [-0.3, -0.25) is 0 Å². The predicted molar refractivity (Wildman–Crippen MR) is 67.9 cm³/mol. The minimum Gasteiger partial charge on any atom is -0.406 e. The van der Waals surface area contributed by atoms with Crippen molar-refractivity contribution in [2.45, 2.75) is 6.36 Å². The molecule has 0 saturated heterocycles. The number of nitrogens with one attached hydrogen (secondary N) is 1. The Labute approximate surface area is 116 Å². The van der Waals surface area contributed by atoms with Crippen LogP contribution in [-0.2, 0) is 0 Å². The van der Waals surface area contributed by atoms with Gasteiger partial charge in [0, 0.05) is 11.8 Å². The molecule has 0 radical (unpaired) electrons. The van der Waals surface area contributed by atoms with Gasteiger partial charge in [0.05, 0.1) is 0 Å². The van der Waals surface area contributed by atoms with Gasteiger partial charge < -0.3 is 15.8 Å². The summed E-state index contributed by atoms with van der Waals surface area (Å²) in [5.41, 5.74) is 5.80. The van der Waals surface area contributed by atoms with E-state index in [4.69, 9.17) is 17.3 Å². The molecule has 106 valence electrons. The monoisotopic (exact) mass is 304 g/mol. The number of benzene rings is 1. The van der Waals surface area contributed by atoms with E-state index in [1.165, 1.54) is 24.5 Å². The first-order chi connectivity index (χ1) is 9.35. The Bertz CT molecular complexity index is 621. The number of aromatic nitrogens is 2. The molecule has 2 aromatic rings. The lowest BCUT2D eigenvalue weighted by atomic mass is 10.3. The lowest BCUT2D eigenvalue weighted by Crippen LogP contribution is -2.17. The molecule has 0 fully saturated rings. The van der Waals surface area contributed by atoms with Crippen molar-refractivity contribution < 1.29 is 17.9 Å². The van der Waals surface area contributed by atoms with E-state index in [-0.39, 0.29) is 22.4 Å². The molecule has 0 saturated carbocycles. The average Bonchev–Trinajstić information content (AvgIpc) is 2.33. The summed E-state index contributed by atoms with van der Waals surface area (Å²) in [7, 11) is 0. The van der Waals surface area contributed by atoms with E-state index in [1.807, 2.05) is 0 Å².